The molecule has 2 heteroatoms. The molecule has 0 bridgehead atoms. The van der Waals surface area contributed by atoms with Crippen molar-refractivity contribution in [1.29, 1.82) is 0 Å². The molecule has 0 radical (unpaired) electrons. The fraction of sp³-hybridized carbons (Fsp3) is 0.100. The number of carboxylic acid groups (broad SMARTS) is 1. The molecule has 0 amide bonds. The van der Waals surface area contributed by atoms with E-state index in [9.17, 15) is 9.90 Å². The van der Waals surface area contributed by atoms with Crippen LogP contribution in [0.3, 0.4) is 0 Å². The number of carbonyl (C=O) groups is 1. The molecule has 0 aliphatic heterocycles. The molecular formula is C10H9O2-. The smallest absolute Gasteiger partial charge is 0.0715 e. The third kappa shape index (κ3) is 1.95. The van der Waals surface area contributed by atoms with Gasteiger partial charge in [-0.1, -0.05) is 36.4 Å². The third-order valence-electron chi connectivity index (χ3n) is 1.51. The summed E-state index contributed by atoms with van der Waals surface area (Å²) in [6, 6.07) is 6.55. The molecule has 0 saturated carbocycles. The Labute approximate surface area is 71.2 Å². The van der Waals surface area contributed by atoms with Crippen molar-refractivity contribution in [2.75, 3.05) is 0 Å². The minimum absolute atomic E-state index is 0.211. The monoisotopic (exact) mass is 161 g/mol. The van der Waals surface area contributed by atoms with E-state index in [0.717, 1.165) is 5.56 Å². The minimum Gasteiger partial charge on any atom is -0.545 e. The molecule has 0 unspecified atom stereocenters. The summed E-state index contributed by atoms with van der Waals surface area (Å²) in [6.45, 7) is 1.91. The molecule has 0 aromatic heterocycles. The van der Waals surface area contributed by atoms with Gasteiger partial charge in [0.25, 0.3) is 0 Å². The van der Waals surface area contributed by atoms with Crippen molar-refractivity contribution in [1.82, 2.24) is 0 Å². The average Bonchev–Trinajstić information content (AvgIpc) is 2.06. The lowest BCUT2D eigenvalue weighted by Crippen LogP contribution is -2.21. The van der Waals surface area contributed by atoms with E-state index >= 15 is 0 Å². The highest BCUT2D eigenvalue weighted by molar-refractivity contribution is 5.85. The Morgan fingerprint density at radius 3 is 2.33 bits per heavy atom. The molecule has 0 aliphatic rings. The molecule has 0 N–H and O–H groups in total. The molecular weight excluding hydrogens is 152 g/mol. The molecule has 0 saturated heterocycles. The van der Waals surface area contributed by atoms with Gasteiger partial charge in [-0.2, -0.15) is 0 Å². The highest BCUT2D eigenvalue weighted by Gasteiger charge is 1.91. The number of carbonyl (C=O) groups excluding carboxylic acids is 1. The molecule has 1 aromatic carbocycles. The fourth-order valence-corrected chi connectivity index (χ4v) is 0.923. The molecule has 12 heavy (non-hydrogen) atoms. The summed E-state index contributed by atoms with van der Waals surface area (Å²) in [6.07, 6.45) is 3.80. The largest absolute Gasteiger partial charge is 0.545 e. The van der Waals surface area contributed by atoms with Crippen LogP contribution in [0.1, 0.15) is 22.8 Å². The fourth-order valence-electron chi connectivity index (χ4n) is 0.923. The van der Waals surface area contributed by atoms with Crippen molar-refractivity contribution < 1.29 is 9.90 Å². The van der Waals surface area contributed by atoms with Crippen LogP contribution in [0, 0.1) is 0 Å². The van der Waals surface area contributed by atoms with E-state index in [2.05, 4.69) is 0 Å². The standard InChI is InChI=1S/C10H10O2/c1-2-3-8-4-6-9(7-5-8)10(11)12/h2-7H,1H3,(H,11,12)/p-1/b3-2+. The summed E-state index contributed by atoms with van der Waals surface area (Å²) in [5.41, 5.74) is 1.20. The number of rotatable bonds is 2. The SMILES string of the molecule is C/C=C/c1ccc(C(=O)[O-])cc1. The topological polar surface area (TPSA) is 40.1 Å². The first-order valence-corrected chi connectivity index (χ1v) is 3.68. The van der Waals surface area contributed by atoms with Crippen LogP contribution >= 0.6 is 0 Å². The van der Waals surface area contributed by atoms with Crippen LogP contribution in [0.25, 0.3) is 6.08 Å². The maximum absolute atomic E-state index is 10.3. The Morgan fingerprint density at radius 1 is 1.33 bits per heavy atom. The molecule has 2 nitrogen and oxygen atoms in total. The quantitative estimate of drug-likeness (QED) is 0.651. The van der Waals surface area contributed by atoms with Gasteiger partial charge in [0, 0.05) is 0 Å². The van der Waals surface area contributed by atoms with Crippen LogP contribution in [0.4, 0.5) is 0 Å². The van der Waals surface area contributed by atoms with Crippen molar-refractivity contribution in [3.05, 3.63) is 41.5 Å². The summed E-state index contributed by atoms with van der Waals surface area (Å²) in [5, 5.41) is 10.3. The van der Waals surface area contributed by atoms with E-state index in [4.69, 9.17) is 0 Å². The second-order valence-electron chi connectivity index (χ2n) is 2.41. The molecule has 0 heterocycles. The molecule has 0 fully saturated rings. The minimum atomic E-state index is -1.14. The van der Waals surface area contributed by atoms with Crippen LogP contribution in [0.2, 0.25) is 0 Å². The van der Waals surface area contributed by atoms with E-state index in [1.807, 2.05) is 19.1 Å². The predicted molar refractivity (Wildman–Crippen MR) is 45.5 cm³/mol. The third-order valence-corrected chi connectivity index (χ3v) is 1.51. The van der Waals surface area contributed by atoms with Crippen molar-refractivity contribution in [3.63, 3.8) is 0 Å². The zero-order chi connectivity index (χ0) is 8.97. The number of hydrogen-bond acceptors (Lipinski definition) is 2. The molecule has 1 aromatic rings. The van der Waals surface area contributed by atoms with Crippen molar-refractivity contribution in [2.45, 2.75) is 6.92 Å². The molecule has 0 spiro atoms. The average molecular weight is 161 g/mol. The molecule has 1 rings (SSSR count). The van der Waals surface area contributed by atoms with Gasteiger partial charge >= 0.3 is 0 Å². The lowest BCUT2D eigenvalue weighted by Gasteiger charge is -2.01. The van der Waals surface area contributed by atoms with Gasteiger partial charge in [0.1, 0.15) is 0 Å². The van der Waals surface area contributed by atoms with Gasteiger partial charge in [0.05, 0.1) is 5.97 Å². The van der Waals surface area contributed by atoms with Crippen LogP contribution in [0.5, 0.6) is 0 Å². The summed E-state index contributed by atoms with van der Waals surface area (Å²) in [4.78, 5) is 10.3. The van der Waals surface area contributed by atoms with Gasteiger partial charge in [-0.05, 0) is 18.1 Å². The van der Waals surface area contributed by atoms with E-state index in [0.29, 0.717) is 0 Å². The van der Waals surface area contributed by atoms with Gasteiger partial charge in [0.15, 0.2) is 0 Å². The lowest BCUT2D eigenvalue weighted by molar-refractivity contribution is -0.255. The van der Waals surface area contributed by atoms with E-state index in [-0.39, 0.29) is 5.56 Å². The van der Waals surface area contributed by atoms with Gasteiger partial charge in [-0.3, -0.25) is 0 Å². The highest BCUT2D eigenvalue weighted by Crippen LogP contribution is 2.04. The number of benzene rings is 1. The van der Waals surface area contributed by atoms with Gasteiger partial charge in [-0.15, -0.1) is 0 Å². The second kappa shape index (κ2) is 3.72. The van der Waals surface area contributed by atoms with E-state index < -0.39 is 5.97 Å². The summed E-state index contributed by atoms with van der Waals surface area (Å²) in [7, 11) is 0. The first-order valence-electron chi connectivity index (χ1n) is 3.68. The molecule has 0 atom stereocenters. The Hall–Kier alpha value is -1.57. The zero-order valence-electron chi connectivity index (χ0n) is 6.78. The van der Waals surface area contributed by atoms with E-state index in [1.54, 1.807) is 12.1 Å². The van der Waals surface area contributed by atoms with Crippen molar-refractivity contribution in [2.24, 2.45) is 0 Å². The Kier molecular flexibility index (Phi) is 2.64. The number of allylic oxidation sites excluding steroid dienone is 1. The van der Waals surface area contributed by atoms with Crippen LogP contribution in [0.15, 0.2) is 30.3 Å². The summed E-state index contributed by atoms with van der Waals surface area (Å²) < 4.78 is 0. The van der Waals surface area contributed by atoms with Crippen molar-refractivity contribution >= 4 is 12.0 Å². The second-order valence-corrected chi connectivity index (χ2v) is 2.41. The molecule has 62 valence electrons. The van der Waals surface area contributed by atoms with Gasteiger partial charge in [0.2, 0.25) is 0 Å². The normalized spacial score (nSPS) is 10.4. The van der Waals surface area contributed by atoms with E-state index in [1.165, 1.54) is 12.1 Å². The lowest BCUT2D eigenvalue weighted by atomic mass is 10.1. The van der Waals surface area contributed by atoms with Crippen LogP contribution in [-0.2, 0) is 0 Å². The number of hydrogen-bond donors (Lipinski definition) is 0. The van der Waals surface area contributed by atoms with Crippen LogP contribution in [-0.4, -0.2) is 5.97 Å². The van der Waals surface area contributed by atoms with Crippen molar-refractivity contribution in [3.8, 4) is 0 Å². The Balaban J connectivity index is 2.93. The first-order chi connectivity index (χ1) is 5.74. The van der Waals surface area contributed by atoms with Crippen LogP contribution < -0.4 is 5.11 Å². The van der Waals surface area contributed by atoms with Gasteiger partial charge < -0.3 is 9.90 Å². The Morgan fingerprint density at radius 2 is 1.92 bits per heavy atom. The first kappa shape index (κ1) is 8.53. The zero-order valence-corrected chi connectivity index (χ0v) is 6.78. The Bertz CT molecular complexity index is 296. The number of carboxylic acids is 1. The summed E-state index contributed by atoms with van der Waals surface area (Å²) in [5.74, 6) is -1.14. The highest BCUT2D eigenvalue weighted by atomic mass is 16.4. The number of aromatic carboxylic acids is 1. The maximum atomic E-state index is 10.3. The summed E-state index contributed by atoms with van der Waals surface area (Å²) >= 11 is 0. The van der Waals surface area contributed by atoms with Gasteiger partial charge in [-0.25, -0.2) is 0 Å². The maximum Gasteiger partial charge on any atom is 0.0715 e. The molecule has 0 aliphatic carbocycles. The predicted octanol–water partition coefficient (Wildman–Crippen LogP) is 1.08.